The highest BCUT2D eigenvalue weighted by molar-refractivity contribution is 9.13. The molecule has 0 aliphatic heterocycles. The molecule has 2 atom stereocenters. The van der Waals surface area contributed by atoms with Gasteiger partial charge in [0.05, 0.1) is 6.61 Å². The van der Waals surface area contributed by atoms with Gasteiger partial charge in [0.2, 0.25) is 0 Å². The lowest BCUT2D eigenvalue weighted by atomic mass is 10.0. The van der Waals surface area contributed by atoms with Gasteiger partial charge in [-0.2, -0.15) is 0 Å². The third-order valence-corrected chi connectivity index (χ3v) is 6.21. The van der Waals surface area contributed by atoms with Gasteiger partial charge in [-0.25, -0.2) is 0 Å². The largest absolute Gasteiger partial charge is 0.383 e. The van der Waals surface area contributed by atoms with Crippen molar-refractivity contribution < 1.29 is 4.74 Å². The minimum atomic E-state index is 0.236. The van der Waals surface area contributed by atoms with Gasteiger partial charge in [-0.3, -0.25) is 4.90 Å². The zero-order chi connectivity index (χ0) is 15.4. The Balaban J connectivity index is 2.22. The van der Waals surface area contributed by atoms with Gasteiger partial charge < -0.3 is 10.5 Å². The highest BCUT2D eigenvalue weighted by atomic mass is 79.9. The molecular formula is C16H24Br2N2O. The summed E-state index contributed by atoms with van der Waals surface area (Å²) in [4.78, 5) is 2.51. The third-order valence-electron chi connectivity index (χ3n) is 4.33. The summed E-state index contributed by atoms with van der Waals surface area (Å²) in [6.45, 7) is 4.60. The lowest BCUT2D eigenvalue weighted by Gasteiger charge is -2.36. The molecule has 2 rings (SSSR count). The summed E-state index contributed by atoms with van der Waals surface area (Å²) in [6.07, 6.45) is 2.68. The molecule has 1 aliphatic carbocycles. The van der Waals surface area contributed by atoms with E-state index in [-0.39, 0.29) is 6.04 Å². The number of nitrogens with zero attached hydrogens (tertiary/aromatic N) is 1. The van der Waals surface area contributed by atoms with Gasteiger partial charge in [-0.1, -0.05) is 6.07 Å². The molecular weight excluding hydrogens is 396 g/mol. The van der Waals surface area contributed by atoms with Crippen LogP contribution in [0.3, 0.4) is 0 Å². The summed E-state index contributed by atoms with van der Waals surface area (Å²) < 4.78 is 7.44. The number of halogens is 2. The Labute approximate surface area is 144 Å². The highest BCUT2D eigenvalue weighted by Crippen LogP contribution is 2.38. The number of rotatable bonds is 8. The monoisotopic (exact) mass is 418 g/mol. The molecule has 0 heterocycles. The van der Waals surface area contributed by atoms with Crippen LogP contribution in [0.1, 0.15) is 31.4 Å². The molecule has 1 saturated carbocycles. The van der Waals surface area contributed by atoms with Gasteiger partial charge in [0.1, 0.15) is 0 Å². The molecule has 0 saturated heterocycles. The van der Waals surface area contributed by atoms with Crippen molar-refractivity contribution in [2.75, 3.05) is 26.8 Å². The summed E-state index contributed by atoms with van der Waals surface area (Å²) >= 11 is 7.12. The average molecular weight is 420 g/mol. The SMILES string of the molecule is COCCN(C(CN)c1ccc(Br)c(Br)c1)C(C)C1CC1. The molecule has 0 spiro atoms. The van der Waals surface area contributed by atoms with Crippen molar-refractivity contribution >= 4 is 31.9 Å². The first-order valence-electron chi connectivity index (χ1n) is 7.48. The van der Waals surface area contributed by atoms with E-state index in [1.807, 2.05) is 0 Å². The number of ether oxygens (including phenoxy) is 1. The van der Waals surface area contributed by atoms with E-state index in [1.54, 1.807) is 7.11 Å². The van der Waals surface area contributed by atoms with E-state index in [1.165, 1.54) is 18.4 Å². The van der Waals surface area contributed by atoms with E-state index in [4.69, 9.17) is 10.5 Å². The Morgan fingerprint density at radius 2 is 2.05 bits per heavy atom. The second-order valence-corrected chi connectivity index (χ2v) is 7.44. The van der Waals surface area contributed by atoms with Crippen LogP contribution in [-0.2, 0) is 4.74 Å². The molecule has 1 fully saturated rings. The zero-order valence-corrected chi connectivity index (χ0v) is 15.9. The normalized spacial score (nSPS) is 18.0. The van der Waals surface area contributed by atoms with Crippen molar-refractivity contribution in [3.63, 3.8) is 0 Å². The Kier molecular flexibility index (Phi) is 6.69. The lowest BCUT2D eigenvalue weighted by Crippen LogP contribution is -2.43. The molecule has 118 valence electrons. The maximum Gasteiger partial charge on any atom is 0.0590 e. The van der Waals surface area contributed by atoms with Crippen LogP contribution >= 0.6 is 31.9 Å². The van der Waals surface area contributed by atoms with E-state index < -0.39 is 0 Å². The number of hydrogen-bond acceptors (Lipinski definition) is 3. The molecule has 3 nitrogen and oxygen atoms in total. The maximum atomic E-state index is 6.11. The van der Waals surface area contributed by atoms with Crippen molar-refractivity contribution in [2.45, 2.75) is 31.8 Å². The molecule has 2 N–H and O–H groups in total. The van der Waals surface area contributed by atoms with E-state index in [2.05, 4.69) is 61.9 Å². The van der Waals surface area contributed by atoms with Crippen molar-refractivity contribution in [3.8, 4) is 0 Å². The minimum Gasteiger partial charge on any atom is -0.383 e. The first kappa shape index (κ1) is 17.4. The van der Waals surface area contributed by atoms with Crippen LogP contribution in [0.4, 0.5) is 0 Å². The molecule has 0 bridgehead atoms. The van der Waals surface area contributed by atoms with Crippen LogP contribution in [0.15, 0.2) is 27.1 Å². The topological polar surface area (TPSA) is 38.5 Å². The van der Waals surface area contributed by atoms with E-state index in [9.17, 15) is 0 Å². The van der Waals surface area contributed by atoms with Crippen LogP contribution in [-0.4, -0.2) is 37.7 Å². The van der Waals surface area contributed by atoms with Crippen LogP contribution < -0.4 is 5.73 Å². The highest BCUT2D eigenvalue weighted by Gasteiger charge is 2.35. The van der Waals surface area contributed by atoms with Crippen molar-refractivity contribution in [3.05, 3.63) is 32.7 Å². The number of methoxy groups -OCH3 is 1. The first-order chi connectivity index (χ1) is 10.1. The molecule has 1 aromatic carbocycles. The third kappa shape index (κ3) is 4.52. The zero-order valence-electron chi connectivity index (χ0n) is 12.7. The fourth-order valence-corrected chi connectivity index (χ4v) is 3.52. The number of nitrogens with two attached hydrogens (primary N) is 1. The minimum absolute atomic E-state index is 0.236. The van der Waals surface area contributed by atoms with Gasteiger partial charge >= 0.3 is 0 Å². The predicted molar refractivity (Wildman–Crippen MR) is 94.4 cm³/mol. The molecule has 21 heavy (non-hydrogen) atoms. The van der Waals surface area contributed by atoms with Gasteiger partial charge in [0.15, 0.2) is 0 Å². The Morgan fingerprint density at radius 1 is 1.33 bits per heavy atom. The van der Waals surface area contributed by atoms with Gasteiger partial charge in [0, 0.05) is 41.2 Å². The van der Waals surface area contributed by atoms with E-state index >= 15 is 0 Å². The van der Waals surface area contributed by atoms with Gasteiger partial charge in [-0.15, -0.1) is 0 Å². The smallest absolute Gasteiger partial charge is 0.0590 e. The van der Waals surface area contributed by atoms with Crippen LogP contribution in [0, 0.1) is 5.92 Å². The lowest BCUT2D eigenvalue weighted by molar-refractivity contribution is 0.0834. The fraction of sp³-hybridized carbons (Fsp3) is 0.625. The van der Waals surface area contributed by atoms with Crippen LogP contribution in [0.5, 0.6) is 0 Å². The van der Waals surface area contributed by atoms with Gasteiger partial charge in [0.25, 0.3) is 0 Å². The standard InChI is InChI=1S/C16H24Br2N2O/c1-11(12-3-4-12)20(7-8-21-2)16(10-19)13-5-6-14(17)15(18)9-13/h5-6,9,11-12,16H,3-4,7-8,10,19H2,1-2H3. The molecule has 0 amide bonds. The summed E-state index contributed by atoms with van der Waals surface area (Å²) in [5.74, 6) is 0.815. The van der Waals surface area contributed by atoms with Crippen molar-refractivity contribution in [1.82, 2.24) is 4.90 Å². The molecule has 1 aliphatic rings. The number of hydrogen-bond donors (Lipinski definition) is 1. The summed E-state index contributed by atoms with van der Waals surface area (Å²) in [7, 11) is 1.76. The quantitative estimate of drug-likeness (QED) is 0.692. The average Bonchev–Trinajstić information content (AvgIpc) is 3.30. The Morgan fingerprint density at radius 3 is 2.57 bits per heavy atom. The Bertz CT molecular complexity index is 466. The van der Waals surface area contributed by atoms with Crippen LogP contribution in [0.2, 0.25) is 0 Å². The predicted octanol–water partition coefficient (Wildman–Crippen LogP) is 3.96. The Hall–Kier alpha value is 0.0600. The number of benzene rings is 1. The van der Waals surface area contributed by atoms with E-state index in [0.717, 1.165) is 28.0 Å². The van der Waals surface area contributed by atoms with Crippen molar-refractivity contribution in [1.29, 1.82) is 0 Å². The van der Waals surface area contributed by atoms with Crippen molar-refractivity contribution in [2.24, 2.45) is 11.7 Å². The summed E-state index contributed by atoms with van der Waals surface area (Å²) in [5, 5.41) is 0. The van der Waals surface area contributed by atoms with E-state index in [0.29, 0.717) is 12.6 Å². The molecule has 0 radical (unpaired) electrons. The maximum absolute atomic E-state index is 6.11. The first-order valence-corrected chi connectivity index (χ1v) is 9.06. The molecule has 5 heteroatoms. The fourth-order valence-electron chi connectivity index (χ4n) is 2.87. The molecule has 0 aromatic heterocycles. The van der Waals surface area contributed by atoms with Crippen LogP contribution in [0.25, 0.3) is 0 Å². The second kappa shape index (κ2) is 8.06. The summed E-state index contributed by atoms with van der Waals surface area (Å²) in [5.41, 5.74) is 7.37. The second-order valence-electron chi connectivity index (χ2n) is 5.73. The van der Waals surface area contributed by atoms with Gasteiger partial charge in [-0.05, 0) is 75.2 Å². The summed E-state index contributed by atoms with van der Waals surface area (Å²) in [6, 6.07) is 7.20. The molecule has 1 aromatic rings. The molecule has 2 unspecified atom stereocenters.